The molecular weight excluding hydrogens is 262 g/mol. The highest BCUT2D eigenvalue weighted by Gasteiger charge is 2.28. The number of nitrogens with zero attached hydrogens (tertiary/aromatic N) is 1. The topological polar surface area (TPSA) is 70.6 Å². The summed E-state index contributed by atoms with van der Waals surface area (Å²) >= 11 is 0. The summed E-state index contributed by atoms with van der Waals surface area (Å²) < 4.78 is 22.8. The largest absolute Gasteiger partial charge is 0.356 e. The third-order valence-electron chi connectivity index (χ3n) is 4.01. The van der Waals surface area contributed by atoms with Gasteiger partial charge in [-0.05, 0) is 43.9 Å². The summed E-state index contributed by atoms with van der Waals surface area (Å²) in [6.45, 7) is 1.63. The predicted octanol–water partition coefficient (Wildman–Crippen LogP) is 0.529. The van der Waals surface area contributed by atoms with Gasteiger partial charge < -0.3 is 10.6 Å². The second-order valence-corrected chi connectivity index (χ2v) is 8.43. The summed E-state index contributed by atoms with van der Waals surface area (Å²) in [5, 5.41) is 6.80. The lowest BCUT2D eigenvalue weighted by atomic mass is 10.1. The fourth-order valence-corrected chi connectivity index (χ4v) is 4.22. The molecule has 1 heterocycles. The van der Waals surface area contributed by atoms with E-state index in [-0.39, 0.29) is 5.92 Å². The molecule has 0 aromatic carbocycles. The van der Waals surface area contributed by atoms with E-state index in [4.69, 9.17) is 0 Å². The minimum absolute atomic E-state index is 0.212. The van der Waals surface area contributed by atoms with E-state index in [0.29, 0.717) is 24.1 Å². The van der Waals surface area contributed by atoms with Crippen LogP contribution in [-0.4, -0.2) is 45.0 Å². The van der Waals surface area contributed by atoms with Gasteiger partial charge in [0.2, 0.25) is 0 Å². The Morgan fingerprint density at radius 1 is 1.11 bits per heavy atom. The molecule has 0 bridgehead atoms. The summed E-state index contributed by atoms with van der Waals surface area (Å²) in [7, 11) is -2.78. The van der Waals surface area contributed by atoms with Crippen molar-refractivity contribution in [2.75, 3.05) is 24.6 Å². The lowest BCUT2D eigenvalue weighted by Gasteiger charge is -2.12. The molecule has 1 saturated heterocycles. The molecule has 1 unspecified atom stereocenters. The molecule has 19 heavy (non-hydrogen) atoms. The van der Waals surface area contributed by atoms with Gasteiger partial charge in [0.15, 0.2) is 15.8 Å². The maximum absolute atomic E-state index is 11.4. The highest BCUT2D eigenvalue weighted by atomic mass is 32.2. The van der Waals surface area contributed by atoms with Crippen molar-refractivity contribution in [3.05, 3.63) is 0 Å². The molecule has 3 aliphatic rings. The molecule has 0 aromatic rings. The molecule has 0 radical (unpaired) electrons. The summed E-state index contributed by atoms with van der Waals surface area (Å²) in [4.78, 5) is 4.58. The van der Waals surface area contributed by atoms with Crippen LogP contribution in [0.3, 0.4) is 0 Å². The van der Waals surface area contributed by atoms with Gasteiger partial charge in [-0.1, -0.05) is 0 Å². The molecular formula is C13H23N3O2S. The van der Waals surface area contributed by atoms with Crippen LogP contribution in [0.4, 0.5) is 0 Å². The molecule has 3 fully saturated rings. The van der Waals surface area contributed by atoms with Crippen molar-refractivity contribution in [3.63, 3.8) is 0 Å². The zero-order chi connectivity index (χ0) is 13.3. The first-order chi connectivity index (χ1) is 9.11. The smallest absolute Gasteiger partial charge is 0.191 e. The van der Waals surface area contributed by atoms with E-state index in [2.05, 4.69) is 15.6 Å². The summed E-state index contributed by atoms with van der Waals surface area (Å²) in [6, 6.07) is 0.581. The lowest BCUT2D eigenvalue weighted by molar-refractivity contribution is 0.589. The molecule has 2 saturated carbocycles. The third-order valence-corrected chi connectivity index (χ3v) is 5.84. The Kier molecular flexibility index (Phi) is 3.69. The van der Waals surface area contributed by atoms with Crippen LogP contribution in [0.2, 0.25) is 0 Å². The first-order valence-corrected chi connectivity index (χ1v) is 9.18. The molecule has 1 aliphatic heterocycles. The summed E-state index contributed by atoms with van der Waals surface area (Å²) in [5.41, 5.74) is 0. The molecule has 6 heteroatoms. The van der Waals surface area contributed by atoms with Gasteiger partial charge in [-0.15, -0.1) is 0 Å². The van der Waals surface area contributed by atoms with Crippen LogP contribution < -0.4 is 10.6 Å². The average Bonchev–Trinajstić information content (AvgIpc) is 3.24. The normalized spacial score (nSPS) is 30.3. The van der Waals surface area contributed by atoms with E-state index >= 15 is 0 Å². The fraction of sp³-hybridized carbons (Fsp3) is 0.923. The van der Waals surface area contributed by atoms with E-state index < -0.39 is 9.84 Å². The number of sulfone groups is 1. The SMILES string of the molecule is O=S1(=O)CCC(CN=C(NCC2CC2)NC2CC2)C1. The minimum Gasteiger partial charge on any atom is -0.356 e. The average molecular weight is 285 g/mol. The summed E-state index contributed by atoms with van der Waals surface area (Å²) in [5.74, 6) is 2.57. The third kappa shape index (κ3) is 4.37. The van der Waals surface area contributed by atoms with Gasteiger partial charge in [-0.2, -0.15) is 0 Å². The fourth-order valence-electron chi connectivity index (χ4n) is 2.37. The maximum atomic E-state index is 11.4. The second kappa shape index (κ2) is 5.31. The zero-order valence-corrected chi connectivity index (χ0v) is 12.1. The van der Waals surface area contributed by atoms with Crippen molar-refractivity contribution in [2.45, 2.75) is 38.1 Å². The van der Waals surface area contributed by atoms with Gasteiger partial charge in [0.1, 0.15) is 0 Å². The second-order valence-electron chi connectivity index (χ2n) is 6.20. The number of hydrogen-bond donors (Lipinski definition) is 2. The molecule has 2 aliphatic carbocycles. The van der Waals surface area contributed by atoms with Gasteiger partial charge in [-0.3, -0.25) is 4.99 Å². The molecule has 0 spiro atoms. The van der Waals surface area contributed by atoms with Crippen molar-refractivity contribution < 1.29 is 8.42 Å². The van der Waals surface area contributed by atoms with Crippen molar-refractivity contribution in [1.29, 1.82) is 0 Å². The molecule has 1 atom stereocenters. The predicted molar refractivity (Wildman–Crippen MR) is 75.9 cm³/mol. The van der Waals surface area contributed by atoms with Crippen molar-refractivity contribution in [1.82, 2.24) is 10.6 Å². The molecule has 0 amide bonds. The van der Waals surface area contributed by atoms with E-state index in [1.165, 1.54) is 25.7 Å². The number of nitrogens with one attached hydrogen (secondary N) is 2. The van der Waals surface area contributed by atoms with Gasteiger partial charge in [0, 0.05) is 19.1 Å². The standard InChI is InChI=1S/C13H23N3O2S/c17-19(18)6-5-11(9-19)8-15-13(16-12-3-4-12)14-7-10-1-2-10/h10-12H,1-9H2,(H2,14,15,16). The quantitative estimate of drug-likeness (QED) is 0.571. The van der Waals surface area contributed by atoms with E-state index in [0.717, 1.165) is 24.8 Å². The molecule has 5 nitrogen and oxygen atoms in total. The van der Waals surface area contributed by atoms with E-state index in [9.17, 15) is 8.42 Å². The van der Waals surface area contributed by atoms with E-state index in [1.54, 1.807) is 0 Å². The minimum atomic E-state index is -2.78. The van der Waals surface area contributed by atoms with Crippen LogP contribution in [0.25, 0.3) is 0 Å². The Bertz CT molecular complexity index is 453. The Balaban J connectivity index is 1.50. The molecule has 2 N–H and O–H groups in total. The number of guanidine groups is 1. The van der Waals surface area contributed by atoms with Gasteiger partial charge >= 0.3 is 0 Å². The van der Waals surface area contributed by atoms with E-state index in [1.807, 2.05) is 0 Å². The monoisotopic (exact) mass is 285 g/mol. The Labute approximate surface area is 115 Å². The van der Waals surface area contributed by atoms with Crippen LogP contribution in [0.15, 0.2) is 4.99 Å². The van der Waals surface area contributed by atoms with Crippen molar-refractivity contribution in [3.8, 4) is 0 Å². The van der Waals surface area contributed by atoms with Crippen molar-refractivity contribution >= 4 is 15.8 Å². The first-order valence-electron chi connectivity index (χ1n) is 7.36. The van der Waals surface area contributed by atoms with Crippen LogP contribution in [0.1, 0.15) is 32.1 Å². The van der Waals surface area contributed by atoms with Crippen LogP contribution in [0, 0.1) is 11.8 Å². The maximum Gasteiger partial charge on any atom is 0.191 e. The molecule has 0 aromatic heterocycles. The zero-order valence-electron chi connectivity index (χ0n) is 11.3. The number of hydrogen-bond acceptors (Lipinski definition) is 3. The van der Waals surface area contributed by atoms with Crippen molar-refractivity contribution in [2.24, 2.45) is 16.8 Å². The molecule has 108 valence electrons. The summed E-state index contributed by atoms with van der Waals surface area (Å²) in [6.07, 6.45) is 5.87. The first kappa shape index (κ1) is 13.2. The van der Waals surface area contributed by atoms with Crippen LogP contribution in [0.5, 0.6) is 0 Å². The van der Waals surface area contributed by atoms with Gasteiger partial charge in [0.25, 0.3) is 0 Å². The highest BCUT2D eigenvalue weighted by Crippen LogP contribution is 2.27. The van der Waals surface area contributed by atoms with Gasteiger partial charge in [-0.25, -0.2) is 8.42 Å². The van der Waals surface area contributed by atoms with Crippen LogP contribution >= 0.6 is 0 Å². The number of aliphatic imine (C=N–C) groups is 1. The lowest BCUT2D eigenvalue weighted by Crippen LogP contribution is -2.40. The Morgan fingerprint density at radius 2 is 1.89 bits per heavy atom. The van der Waals surface area contributed by atoms with Crippen LogP contribution in [-0.2, 0) is 9.84 Å². The molecule has 3 rings (SSSR count). The van der Waals surface area contributed by atoms with Gasteiger partial charge in [0.05, 0.1) is 11.5 Å². The highest BCUT2D eigenvalue weighted by molar-refractivity contribution is 7.91. The Morgan fingerprint density at radius 3 is 2.47 bits per heavy atom. The Hall–Kier alpha value is -0.780. The number of rotatable bonds is 5.